The van der Waals surface area contributed by atoms with Gasteiger partial charge in [-0.2, -0.15) is 0 Å². The van der Waals surface area contributed by atoms with E-state index in [-0.39, 0.29) is 60.0 Å². The molecule has 9 nitrogen and oxygen atoms in total. The molecule has 1 unspecified atom stereocenters. The second kappa shape index (κ2) is 13.6. The van der Waals surface area contributed by atoms with Gasteiger partial charge in [-0.15, -0.1) is 0 Å². The third-order valence-corrected chi connectivity index (χ3v) is 4.98. The topological polar surface area (TPSA) is 128 Å². The largest absolute Gasteiger partial charge is 0.480 e. The zero-order chi connectivity index (χ0) is 28.6. The third-order valence-electron chi connectivity index (χ3n) is 4.98. The van der Waals surface area contributed by atoms with Crippen LogP contribution >= 0.6 is 0 Å². The number of hydrogen-bond acceptors (Lipinski definition) is 8. The molecule has 0 saturated carbocycles. The highest BCUT2D eigenvalue weighted by atomic mass is 16.6. The highest BCUT2D eigenvalue weighted by Gasteiger charge is 2.24. The van der Waals surface area contributed by atoms with Crippen LogP contribution in [0.25, 0.3) is 0 Å². The minimum atomic E-state index is -1.09. The highest BCUT2D eigenvalue weighted by Crippen LogP contribution is 2.32. The summed E-state index contributed by atoms with van der Waals surface area (Å²) >= 11 is 0. The molecule has 2 N–H and O–H groups in total. The highest BCUT2D eigenvalue weighted by molar-refractivity contribution is 5.77. The molecule has 1 aromatic carbocycles. The molecule has 0 aliphatic carbocycles. The summed E-state index contributed by atoms with van der Waals surface area (Å²) in [7, 11) is 0. The Kier molecular flexibility index (Phi) is 11.8. The lowest BCUT2D eigenvalue weighted by molar-refractivity contribution is -0.152. The molecule has 0 aromatic heterocycles. The molecule has 1 aromatic rings. The third kappa shape index (κ3) is 13.3. The summed E-state index contributed by atoms with van der Waals surface area (Å²) in [4.78, 5) is 48.6. The van der Waals surface area contributed by atoms with Crippen LogP contribution in [0.1, 0.15) is 80.7 Å². The van der Waals surface area contributed by atoms with Crippen LogP contribution in [-0.4, -0.2) is 47.7 Å². The summed E-state index contributed by atoms with van der Waals surface area (Å²) < 4.78 is 16.3. The zero-order valence-electron chi connectivity index (χ0n) is 23.6. The fourth-order valence-electron chi connectivity index (χ4n) is 3.19. The number of rotatable bonds is 12. The molecule has 0 bridgehead atoms. The van der Waals surface area contributed by atoms with Gasteiger partial charge in [-0.1, -0.05) is 61.5 Å². The van der Waals surface area contributed by atoms with E-state index in [1.54, 1.807) is 26.8 Å². The van der Waals surface area contributed by atoms with Gasteiger partial charge in [0, 0.05) is 6.54 Å². The number of aliphatic carboxylic acids is 1. The summed E-state index contributed by atoms with van der Waals surface area (Å²) in [5, 5.41) is 12.6. The fourth-order valence-corrected chi connectivity index (χ4v) is 3.19. The maximum atomic E-state index is 12.5. The molecule has 0 radical (unpaired) electrons. The molecule has 1 rings (SSSR count). The summed E-state index contributed by atoms with van der Waals surface area (Å²) in [5.41, 5.74) is -0.0479. The average molecular weight is 522 g/mol. The van der Waals surface area contributed by atoms with Crippen LogP contribution in [0.15, 0.2) is 18.2 Å². The first-order valence-corrected chi connectivity index (χ1v) is 12.6. The van der Waals surface area contributed by atoms with Crippen molar-refractivity contribution in [1.82, 2.24) is 5.32 Å². The van der Waals surface area contributed by atoms with E-state index < -0.39 is 30.1 Å². The summed E-state index contributed by atoms with van der Waals surface area (Å²) in [5.74, 6) is -2.55. The van der Waals surface area contributed by atoms with E-state index >= 15 is 0 Å². The molecular formula is C28H43NO8. The van der Waals surface area contributed by atoms with Crippen molar-refractivity contribution in [2.45, 2.75) is 93.7 Å². The van der Waals surface area contributed by atoms with Crippen molar-refractivity contribution in [3.63, 3.8) is 0 Å². The van der Waals surface area contributed by atoms with Crippen LogP contribution in [0.5, 0.6) is 11.5 Å². The van der Waals surface area contributed by atoms with Gasteiger partial charge < -0.3 is 24.6 Å². The van der Waals surface area contributed by atoms with Crippen LogP contribution in [0.2, 0.25) is 0 Å². The van der Waals surface area contributed by atoms with Crippen molar-refractivity contribution in [3.05, 3.63) is 23.8 Å². The molecule has 37 heavy (non-hydrogen) atoms. The lowest BCUT2D eigenvalue weighted by Gasteiger charge is -2.21. The Labute approximate surface area is 220 Å². The number of benzene rings is 1. The first-order chi connectivity index (χ1) is 16.9. The summed E-state index contributed by atoms with van der Waals surface area (Å²) in [6, 6.07) is 3.65. The fraction of sp³-hybridized carbons (Fsp3) is 0.643. The van der Waals surface area contributed by atoms with Crippen molar-refractivity contribution in [3.8, 4) is 11.5 Å². The van der Waals surface area contributed by atoms with Gasteiger partial charge in [-0.05, 0) is 41.9 Å². The van der Waals surface area contributed by atoms with Gasteiger partial charge in [0.1, 0.15) is 12.1 Å². The molecule has 208 valence electrons. The first kappa shape index (κ1) is 32.1. The van der Waals surface area contributed by atoms with Crippen molar-refractivity contribution in [2.75, 3.05) is 6.54 Å². The molecule has 0 heterocycles. The standard InChI is InChI=1S/C28H43NO8/c1-17(2)26(34)35-18(3)16-29-20(25(32)33)12-19-10-11-21(36-23(30)14-27(4,5)6)22(13-19)37-24(31)15-28(7,8)9/h10-11,13,17-18,20,29H,12,14-16H2,1-9H3,(H,32,33)/t18?,20-/m0/s1. The zero-order valence-corrected chi connectivity index (χ0v) is 23.6. The normalized spacial score (nSPS) is 13.6. The van der Waals surface area contributed by atoms with Crippen LogP contribution in [0.4, 0.5) is 0 Å². The number of carbonyl (C=O) groups excluding carboxylic acids is 3. The smallest absolute Gasteiger partial charge is 0.321 e. The Morgan fingerprint density at radius 3 is 1.84 bits per heavy atom. The number of esters is 3. The predicted octanol–water partition coefficient (Wildman–Crippen LogP) is 4.54. The quantitative estimate of drug-likeness (QED) is 0.301. The maximum Gasteiger partial charge on any atom is 0.321 e. The average Bonchev–Trinajstić information content (AvgIpc) is 2.69. The second-order valence-electron chi connectivity index (χ2n) is 12.1. The number of nitrogens with one attached hydrogen (secondary N) is 1. The van der Waals surface area contributed by atoms with Gasteiger partial charge in [0.05, 0.1) is 18.8 Å². The SMILES string of the molecule is CC(CN[C@@H](Cc1ccc(OC(=O)CC(C)(C)C)c(OC(=O)CC(C)(C)C)c1)C(=O)O)OC(=O)C(C)C. The van der Waals surface area contributed by atoms with Gasteiger partial charge in [0.15, 0.2) is 11.5 Å². The van der Waals surface area contributed by atoms with Crippen LogP contribution in [0, 0.1) is 16.7 Å². The van der Waals surface area contributed by atoms with E-state index in [2.05, 4.69) is 5.32 Å². The Morgan fingerprint density at radius 1 is 0.865 bits per heavy atom. The number of hydrogen-bond donors (Lipinski definition) is 2. The summed E-state index contributed by atoms with van der Waals surface area (Å²) in [6.07, 6.45) is -0.163. The lowest BCUT2D eigenvalue weighted by Crippen LogP contribution is -2.43. The van der Waals surface area contributed by atoms with Crippen molar-refractivity contribution < 1.29 is 38.5 Å². The number of carboxylic acids is 1. The van der Waals surface area contributed by atoms with E-state index in [1.165, 1.54) is 12.1 Å². The first-order valence-electron chi connectivity index (χ1n) is 12.6. The Morgan fingerprint density at radius 2 is 1.38 bits per heavy atom. The van der Waals surface area contributed by atoms with Crippen molar-refractivity contribution in [1.29, 1.82) is 0 Å². The number of ether oxygens (including phenoxy) is 3. The minimum Gasteiger partial charge on any atom is -0.480 e. The monoisotopic (exact) mass is 521 g/mol. The molecule has 0 aliphatic heterocycles. The molecule has 2 atom stereocenters. The molecule has 0 fully saturated rings. The maximum absolute atomic E-state index is 12.5. The van der Waals surface area contributed by atoms with Gasteiger partial charge in [0.25, 0.3) is 0 Å². The predicted molar refractivity (Wildman–Crippen MR) is 139 cm³/mol. The van der Waals surface area contributed by atoms with Gasteiger partial charge in [0.2, 0.25) is 0 Å². The Hall–Kier alpha value is -2.94. The molecular weight excluding hydrogens is 478 g/mol. The molecule has 9 heteroatoms. The van der Waals surface area contributed by atoms with Gasteiger partial charge >= 0.3 is 23.9 Å². The van der Waals surface area contributed by atoms with Crippen molar-refractivity contribution >= 4 is 23.9 Å². The molecule has 0 amide bonds. The number of carboxylic acid groups (broad SMARTS) is 1. The van der Waals surface area contributed by atoms with E-state index in [1.807, 2.05) is 41.5 Å². The van der Waals surface area contributed by atoms with Crippen LogP contribution in [0.3, 0.4) is 0 Å². The lowest BCUT2D eigenvalue weighted by atomic mass is 9.92. The molecule has 0 aliphatic rings. The van der Waals surface area contributed by atoms with Crippen molar-refractivity contribution in [2.24, 2.45) is 16.7 Å². The van der Waals surface area contributed by atoms with Gasteiger partial charge in [-0.25, -0.2) is 0 Å². The van der Waals surface area contributed by atoms with E-state index in [0.29, 0.717) is 5.56 Å². The van der Waals surface area contributed by atoms with E-state index in [9.17, 15) is 24.3 Å². The Bertz CT molecular complexity index is 956. The van der Waals surface area contributed by atoms with Crippen LogP contribution < -0.4 is 14.8 Å². The minimum absolute atomic E-state index is 0.0531. The van der Waals surface area contributed by atoms with Crippen LogP contribution in [-0.2, 0) is 30.3 Å². The molecule has 0 saturated heterocycles. The molecule has 0 spiro atoms. The summed E-state index contributed by atoms with van der Waals surface area (Å²) in [6.45, 7) is 16.7. The second-order valence-corrected chi connectivity index (χ2v) is 12.1. The Balaban J connectivity index is 3.09. The number of carbonyl (C=O) groups is 4. The van der Waals surface area contributed by atoms with Gasteiger partial charge in [-0.3, -0.25) is 19.2 Å². The van der Waals surface area contributed by atoms with E-state index in [4.69, 9.17) is 14.2 Å². The van der Waals surface area contributed by atoms with E-state index in [0.717, 1.165) is 0 Å².